The molecule has 8 nitrogen and oxygen atoms in total. The molecule has 2 aromatic rings. The Morgan fingerprint density at radius 3 is 2.81 bits per heavy atom. The molecular weight excluding hydrogens is 330 g/mol. The first-order chi connectivity index (χ1) is 12.7. The molecule has 1 amide bonds. The monoisotopic (exact) mass is 357 g/mol. The zero-order valence-electron chi connectivity index (χ0n) is 15.6. The standard InChI is InChI=1S/C18H27N7O/c1-4-16-24-23-13-25(16)10-9-21-18(19-3)22-12-14-7-6-8-15(11-14)17(26)20-5-2/h6-8,11,13H,4-5,9-10,12H2,1-3H3,(H,20,26)(H2,19,21,22). The maximum Gasteiger partial charge on any atom is 0.251 e. The zero-order chi connectivity index (χ0) is 18.8. The van der Waals surface area contributed by atoms with Gasteiger partial charge < -0.3 is 20.5 Å². The van der Waals surface area contributed by atoms with Crippen LogP contribution in [0.3, 0.4) is 0 Å². The summed E-state index contributed by atoms with van der Waals surface area (Å²) in [7, 11) is 1.73. The van der Waals surface area contributed by atoms with E-state index in [0.717, 1.165) is 24.4 Å². The molecule has 0 atom stereocenters. The van der Waals surface area contributed by atoms with Crippen molar-refractivity contribution in [2.24, 2.45) is 4.99 Å². The Morgan fingerprint density at radius 2 is 2.08 bits per heavy atom. The number of amides is 1. The van der Waals surface area contributed by atoms with E-state index in [9.17, 15) is 4.79 Å². The summed E-state index contributed by atoms with van der Waals surface area (Å²) in [6.45, 7) is 6.64. The SMILES string of the molecule is CCNC(=O)c1cccc(CNC(=NC)NCCn2cnnc2CC)c1. The smallest absolute Gasteiger partial charge is 0.251 e. The highest BCUT2D eigenvalue weighted by Crippen LogP contribution is 2.05. The van der Waals surface area contributed by atoms with Crippen LogP contribution in [0.5, 0.6) is 0 Å². The van der Waals surface area contributed by atoms with Crippen LogP contribution in [-0.4, -0.2) is 46.8 Å². The normalized spacial score (nSPS) is 11.3. The summed E-state index contributed by atoms with van der Waals surface area (Å²) < 4.78 is 2.02. The first-order valence-corrected chi connectivity index (χ1v) is 8.86. The molecule has 26 heavy (non-hydrogen) atoms. The lowest BCUT2D eigenvalue weighted by Gasteiger charge is -2.13. The summed E-state index contributed by atoms with van der Waals surface area (Å²) in [5.41, 5.74) is 1.68. The van der Waals surface area contributed by atoms with Crippen molar-refractivity contribution in [2.75, 3.05) is 20.1 Å². The topological polar surface area (TPSA) is 96.2 Å². The second kappa shape index (κ2) is 10.2. The Morgan fingerprint density at radius 1 is 1.23 bits per heavy atom. The lowest BCUT2D eigenvalue weighted by atomic mass is 10.1. The molecule has 0 saturated carbocycles. The van der Waals surface area contributed by atoms with Crippen molar-refractivity contribution in [1.29, 1.82) is 0 Å². The predicted octanol–water partition coefficient (Wildman–Crippen LogP) is 0.955. The summed E-state index contributed by atoms with van der Waals surface area (Å²) in [6, 6.07) is 7.56. The van der Waals surface area contributed by atoms with Crippen LogP contribution in [0.2, 0.25) is 0 Å². The Bertz CT molecular complexity index is 739. The molecule has 0 spiro atoms. The number of nitrogens with one attached hydrogen (secondary N) is 3. The largest absolute Gasteiger partial charge is 0.355 e. The third kappa shape index (κ3) is 5.58. The molecule has 0 unspecified atom stereocenters. The van der Waals surface area contributed by atoms with Gasteiger partial charge in [-0.05, 0) is 24.6 Å². The molecule has 0 aliphatic carbocycles. The van der Waals surface area contributed by atoms with Gasteiger partial charge in [0.1, 0.15) is 12.2 Å². The van der Waals surface area contributed by atoms with Crippen LogP contribution in [0, 0.1) is 0 Å². The van der Waals surface area contributed by atoms with E-state index in [1.54, 1.807) is 13.4 Å². The van der Waals surface area contributed by atoms with Crippen molar-refractivity contribution in [3.63, 3.8) is 0 Å². The van der Waals surface area contributed by atoms with Crippen LogP contribution in [0.4, 0.5) is 0 Å². The fourth-order valence-corrected chi connectivity index (χ4v) is 2.53. The van der Waals surface area contributed by atoms with E-state index in [4.69, 9.17) is 0 Å². The van der Waals surface area contributed by atoms with Gasteiger partial charge in [0.05, 0.1) is 0 Å². The number of benzene rings is 1. The van der Waals surface area contributed by atoms with Crippen molar-refractivity contribution in [3.8, 4) is 0 Å². The molecular formula is C18H27N7O. The Labute approximate surface area is 154 Å². The molecule has 3 N–H and O–H groups in total. The minimum absolute atomic E-state index is 0.0578. The Kier molecular flexibility index (Phi) is 7.60. The van der Waals surface area contributed by atoms with Crippen LogP contribution in [0.15, 0.2) is 35.6 Å². The van der Waals surface area contributed by atoms with Gasteiger partial charge in [-0.3, -0.25) is 9.79 Å². The van der Waals surface area contributed by atoms with Crippen molar-refractivity contribution < 1.29 is 4.79 Å². The summed E-state index contributed by atoms with van der Waals surface area (Å²) in [4.78, 5) is 16.1. The number of aliphatic imine (C=N–C) groups is 1. The van der Waals surface area contributed by atoms with Crippen molar-refractivity contribution in [3.05, 3.63) is 47.5 Å². The summed E-state index contributed by atoms with van der Waals surface area (Å²) in [5.74, 6) is 1.62. The molecule has 0 aliphatic rings. The van der Waals surface area contributed by atoms with Gasteiger partial charge in [-0.1, -0.05) is 19.1 Å². The summed E-state index contributed by atoms with van der Waals surface area (Å²) >= 11 is 0. The van der Waals surface area contributed by atoms with Crippen LogP contribution < -0.4 is 16.0 Å². The summed E-state index contributed by atoms with van der Waals surface area (Å²) in [6.07, 6.45) is 2.60. The molecule has 1 aromatic carbocycles. The van der Waals surface area contributed by atoms with E-state index < -0.39 is 0 Å². The fourth-order valence-electron chi connectivity index (χ4n) is 2.53. The van der Waals surface area contributed by atoms with Gasteiger partial charge in [0.25, 0.3) is 5.91 Å². The van der Waals surface area contributed by atoms with Gasteiger partial charge in [0.15, 0.2) is 5.96 Å². The fraction of sp³-hybridized carbons (Fsp3) is 0.444. The van der Waals surface area contributed by atoms with E-state index in [2.05, 4.69) is 38.1 Å². The molecule has 1 aromatic heterocycles. The second-order valence-electron chi connectivity index (χ2n) is 5.71. The van der Waals surface area contributed by atoms with Gasteiger partial charge in [-0.2, -0.15) is 0 Å². The molecule has 0 radical (unpaired) electrons. The lowest BCUT2D eigenvalue weighted by molar-refractivity contribution is 0.0955. The number of carbonyl (C=O) groups is 1. The lowest BCUT2D eigenvalue weighted by Crippen LogP contribution is -2.38. The second-order valence-corrected chi connectivity index (χ2v) is 5.71. The first kappa shape index (κ1) is 19.4. The van der Waals surface area contributed by atoms with Gasteiger partial charge in [-0.25, -0.2) is 0 Å². The number of guanidine groups is 1. The number of aryl methyl sites for hydroxylation is 1. The number of aromatic nitrogens is 3. The van der Waals surface area contributed by atoms with Gasteiger partial charge >= 0.3 is 0 Å². The Hall–Kier alpha value is -2.90. The molecule has 0 saturated heterocycles. The number of hydrogen-bond donors (Lipinski definition) is 3. The molecule has 2 rings (SSSR count). The number of carbonyl (C=O) groups excluding carboxylic acids is 1. The van der Waals surface area contributed by atoms with Crippen LogP contribution in [0.25, 0.3) is 0 Å². The number of nitrogens with zero attached hydrogens (tertiary/aromatic N) is 4. The molecule has 0 aliphatic heterocycles. The third-order valence-electron chi connectivity index (χ3n) is 3.87. The average Bonchev–Trinajstić information content (AvgIpc) is 3.12. The van der Waals surface area contributed by atoms with E-state index in [1.165, 1.54) is 0 Å². The number of rotatable bonds is 8. The maximum absolute atomic E-state index is 11.9. The quantitative estimate of drug-likeness (QED) is 0.483. The highest BCUT2D eigenvalue weighted by atomic mass is 16.1. The average molecular weight is 357 g/mol. The Balaban J connectivity index is 1.83. The molecule has 0 bridgehead atoms. The summed E-state index contributed by atoms with van der Waals surface area (Å²) in [5, 5.41) is 17.3. The molecule has 1 heterocycles. The molecule has 140 valence electrons. The van der Waals surface area contributed by atoms with Crippen molar-refractivity contribution in [1.82, 2.24) is 30.7 Å². The highest BCUT2D eigenvalue weighted by Gasteiger charge is 2.06. The van der Waals surface area contributed by atoms with E-state index >= 15 is 0 Å². The van der Waals surface area contributed by atoms with E-state index in [1.807, 2.05) is 35.8 Å². The van der Waals surface area contributed by atoms with Gasteiger partial charge in [0.2, 0.25) is 0 Å². The third-order valence-corrected chi connectivity index (χ3v) is 3.87. The van der Waals surface area contributed by atoms with E-state index in [0.29, 0.717) is 31.2 Å². The van der Waals surface area contributed by atoms with Crippen LogP contribution in [-0.2, 0) is 19.5 Å². The van der Waals surface area contributed by atoms with Crippen LogP contribution in [0.1, 0.15) is 35.6 Å². The van der Waals surface area contributed by atoms with E-state index in [-0.39, 0.29) is 5.91 Å². The molecule has 8 heteroatoms. The highest BCUT2D eigenvalue weighted by molar-refractivity contribution is 5.94. The van der Waals surface area contributed by atoms with Crippen molar-refractivity contribution >= 4 is 11.9 Å². The van der Waals surface area contributed by atoms with Crippen LogP contribution >= 0.6 is 0 Å². The molecule has 0 fully saturated rings. The maximum atomic E-state index is 11.9. The van der Waals surface area contributed by atoms with Gasteiger partial charge in [-0.15, -0.1) is 10.2 Å². The minimum Gasteiger partial charge on any atom is -0.355 e. The van der Waals surface area contributed by atoms with Gasteiger partial charge in [0, 0.05) is 45.2 Å². The first-order valence-electron chi connectivity index (χ1n) is 8.86. The van der Waals surface area contributed by atoms with Crippen molar-refractivity contribution in [2.45, 2.75) is 33.4 Å². The zero-order valence-corrected chi connectivity index (χ0v) is 15.6. The number of hydrogen-bond acceptors (Lipinski definition) is 4. The predicted molar refractivity (Wildman–Crippen MR) is 102 cm³/mol. The minimum atomic E-state index is -0.0578.